The smallest absolute Gasteiger partial charge is 0.222 e. The van der Waals surface area contributed by atoms with Crippen molar-refractivity contribution in [3.63, 3.8) is 0 Å². The van der Waals surface area contributed by atoms with Crippen LogP contribution in [-0.2, 0) is 14.2 Å². The second kappa shape index (κ2) is 11.2. The fraction of sp³-hybridized carbons (Fsp3) is 0.571. The number of rotatable bonds is 8. The number of ether oxygens (including phenoxy) is 4. The normalized spacial score (nSPS) is 28.9. The Kier molecular flexibility index (Phi) is 7.13. The predicted octanol–water partition coefficient (Wildman–Crippen LogP) is 2.83. The topological polar surface area (TPSA) is 119 Å². The van der Waals surface area contributed by atoms with Crippen LogP contribution in [0.3, 0.4) is 0 Å². The minimum Gasteiger partial charge on any atom is -0.488 e. The maximum absolute atomic E-state index is 6.56. The number of epoxide rings is 1. The number of anilines is 2. The molecule has 2 aromatic heterocycles. The van der Waals surface area contributed by atoms with Crippen LogP contribution >= 0.6 is 0 Å². The van der Waals surface area contributed by atoms with Crippen LogP contribution in [0.15, 0.2) is 36.9 Å². The van der Waals surface area contributed by atoms with E-state index in [0.717, 1.165) is 99.7 Å². The third-order valence-corrected chi connectivity index (χ3v) is 8.02. The lowest BCUT2D eigenvalue weighted by atomic mass is 9.93. The molecule has 1 aromatic carbocycles. The molecular weight excluding hydrogens is 498 g/mol. The van der Waals surface area contributed by atoms with Crippen molar-refractivity contribution in [2.45, 2.75) is 62.6 Å². The van der Waals surface area contributed by atoms with Gasteiger partial charge in [0.1, 0.15) is 23.6 Å². The van der Waals surface area contributed by atoms with E-state index in [1.807, 2.05) is 12.4 Å². The summed E-state index contributed by atoms with van der Waals surface area (Å²) in [6.45, 7) is 4.78. The van der Waals surface area contributed by atoms with Crippen LogP contribution < -0.4 is 20.3 Å². The molecule has 4 fully saturated rings. The first kappa shape index (κ1) is 24.9. The highest BCUT2D eigenvalue weighted by Gasteiger charge is 2.42. The lowest BCUT2D eigenvalue weighted by Gasteiger charge is -2.31. The molecule has 5 heterocycles. The number of fused-ring (bicyclic) bond motifs is 1. The molecular formula is C28H35N7O4. The highest BCUT2D eigenvalue weighted by atomic mass is 16.6. The minimum atomic E-state index is 0.0229. The highest BCUT2D eigenvalue weighted by Crippen LogP contribution is 2.37. The summed E-state index contributed by atoms with van der Waals surface area (Å²) < 4.78 is 23.3. The number of hydrogen-bond acceptors (Lipinski definition) is 11. The van der Waals surface area contributed by atoms with Gasteiger partial charge in [-0.1, -0.05) is 0 Å². The van der Waals surface area contributed by atoms with Gasteiger partial charge in [0.15, 0.2) is 0 Å². The zero-order valence-electron chi connectivity index (χ0n) is 22.0. The maximum atomic E-state index is 6.56. The second-order valence-electron chi connectivity index (χ2n) is 10.7. The lowest BCUT2D eigenvalue weighted by Crippen LogP contribution is -2.36. The number of aromatic nitrogens is 4. The Morgan fingerprint density at radius 2 is 1.67 bits per heavy atom. The SMILES string of the molecule is c1cnc2c(O[C@H]3CC[C@@H](Nc4ncc(C5OC5N[C@@H]5CCOC5)cn4)CC3)cc(N3CCOCC3)cc2n1. The summed E-state index contributed by atoms with van der Waals surface area (Å²) in [4.78, 5) is 20.6. The minimum absolute atomic E-state index is 0.0229. The maximum Gasteiger partial charge on any atom is 0.222 e. The molecule has 0 radical (unpaired) electrons. The molecule has 4 aliphatic rings. The Balaban J connectivity index is 0.932. The van der Waals surface area contributed by atoms with Crippen molar-refractivity contribution >= 4 is 22.7 Å². The van der Waals surface area contributed by atoms with Gasteiger partial charge in [-0.15, -0.1) is 0 Å². The molecule has 1 saturated carbocycles. The number of benzene rings is 1. The number of nitrogens with one attached hydrogen (secondary N) is 2. The van der Waals surface area contributed by atoms with Crippen LogP contribution in [-0.4, -0.2) is 83.9 Å². The van der Waals surface area contributed by atoms with Crippen molar-refractivity contribution in [1.29, 1.82) is 0 Å². The second-order valence-corrected chi connectivity index (χ2v) is 10.7. The Labute approximate surface area is 227 Å². The van der Waals surface area contributed by atoms with Crippen molar-refractivity contribution in [2.75, 3.05) is 49.7 Å². The third-order valence-electron chi connectivity index (χ3n) is 8.02. The molecule has 39 heavy (non-hydrogen) atoms. The fourth-order valence-electron chi connectivity index (χ4n) is 5.76. The molecule has 0 amide bonds. The van der Waals surface area contributed by atoms with E-state index in [-0.39, 0.29) is 18.4 Å². The van der Waals surface area contributed by atoms with Crippen molar-refractivity contribution < 1.29 is 18.9 Å². The number of nitrogens with zero attached hydrogens (tertiary/aromatic N) is 5. The Bertz CT molecular complexity index is 1260. The quantitative estimate of drug-likeness (QED) is 0.416. The standard InChI is InChI=1S/C28H35N7O4/c1-3-22(38-24-14-21(35-8-11-36-12-9-35)13-23-25(24)30-7-6-29-23)4-2-19(1)34-28-31-15-18(16-32-28)26-27(39-26)33-20-5-10-37-17-20/h6-7,13-16,19-20,22,26-27,33H,1-5,8-12,17H2,(H,31,32,34)/t19-,20-,22+,26?,27?/m1/s1. The first-order valence-corrected chi connectivity index (χ1v) is 14.1. The fourth-order valence-corrected chi connectivity index (χ4v) is 5.76. The van der Waals surface area contributed by atoms with Crippen LogP contribution in [0.1, 0.15) is 43.8 Å². The number of hydrogen-bond donors (Lipinski definition) is 2. The van der Waals surface area contributed by atoms with E-state index in [0.29, 0.717) is 18.0 Å². The summed E-state index contributed by atoms with van der Waals surface area (Å²) in [5, 5.41) is 7.00. The lowest BCUT2D eigenvalue weighted by molar-refractivity contribution is 0.122. The Morgan fingerprint density at radius 1 is 0.846 bits per heavy atom. The Morgan fingerprint density at radius 3 is 2.46 bits per heavy atom. The summed E-state index contributed by atoms with van der Waals surface area (Å²) in [6.07, 6.45) is 12.3. The van der Waals surface area contributed by atoms with Crippen molar-refractivity contribution in [1.82, 2.24) is 25.3 Å². The molecule has 11 heteroatoms. The van der Waals surface area contributed by atoms with E-state index in [9.17, 15) is 0 Å². The largest absolute Gasteiger partial charge is 0.488 e. The zero-order valence-corrected chi connectivity index (χ0v) is 22.0. The summed E-state index contributed by atoms with van der Waals surface area (Å²) in [7, 11) is 0. The van der Waals surface area contributed by atoms with Crippen molar-refractivity contribution in [2.24, 2.45) is 0 Å². The zero-order chi connectivity index (χ0) is 26.0. The molecule has 206 valence electrons. The van der Waals surface area contributed by atoms with Crippen LogP contribution in [0.4, 0.5) is 11.6 Å². The molecule has 3 aromatic rings. The predicted molar refractivity (Wildman–Crippen MR) is 145 cm³/mol. The van der Waals surface area contributed by atoms with Crippen LogP contribution in [0.5, 0.6) is 5.75 Å². The van der Waals surface area contributed by atoms with E-state index in [4.69, 9.17) is 18.9 Å². The molecule has 11 nitrogen and oxygen atoms in total. The van der Waals surface area contributed by atoms with E-state index < -0.39 is 0 Å². The van der Waals surface area contributed by atoms with E-state index in [2.05, 4.69) is 47.6 Å². The molecule has 0 bridgehead atoms. The van der Waals surface area contributed by atoms with Gasteiger partial charge in [0.25, 0.3) is 0 Å². The van der Waals surface area contributed by atoms with Gasteiger partial charge in [-0.25, -0.2) is 15.0 Å². The third kappa shape index (κ3) is 5.76. The van der Waals surface area contributed by atoms with E-state index >= 15 is 0 Å². The van der Waals surface area contributed by atoms with Crippen molar-refractivity contribution in [3.8, 4) is 5.75 Å². The first-order chi connectivity index (χ1) is 19.3. The molecule has 3 saturated heterocycles. The summed E-state index contributed by atoms with van der Waals surface area (Å²) in [5.74, 6) is 1.48. The monoisotopic (exact) mass is 533 g/mol. The molecule has 0 spiro atoms. The molecule has 3 atom stereocenters. The van der Waals surface area contributed by atoms with Gasteiger partial charge in [0.05, 0.1) is 31.4 Å². The molecule has 2 N–H and O–H groups in total. The molecule has 2 unspecified atom stereocenters. The van der Waals surface area contributed by atoms with Gasteiger partial charge >= 0.3 is 0 Å². The van der Waals surface area contributed by atoms with Crippen LogP contribution in [0, 0.1) is 0 Å². The van der Waals surface area contributed by atoms with Crippen LogP contribution in [0.25, 0.3) is 11.0 Å². The van der Waals surface area contributed by atoms with Gasteiger partial charge in [-0.3, -0.25) is 10.3 Å². The average molecular weight is 534 g/mol. The molecule has 7 rings (SSSR count). The Hall–Kier alpha value is -3.12. The average Bonchev–Trinajstić information content (AvgIpc) is 3.55. The van der Waals surface area contributed by atoms with E-state index in [1.54, 1.807) is 12.4 Å². The molecule has 3 aliphatic heterocycles. The highest BCUT2D eigenvalue weighted by molar-refractivity contribution is 5.85. The molecule has 1 aliphatic carbocycles. The first-order valence-electron chi connectivity index (χ1n) is 14.1. The van der Waals surface area contributed by atoms with Gasteiger partial charge < -0.3 is 29.2 Å². The summed E-state index contributed by atoms with van der Waals surface area (Å²) in [6, 6.07) is 4.92. The van der Waals surface area contributed by atoms with Crippen LogP contribution in [0.2, 0.25) is 0 Å². The van der Waals surface area contributed by atoms with E-state index in [1.165, 1.54) is 0 Å². The summed E-state index contributed by atoms with van der Waals surface area (Å²) in [5.41, 5.74) is 3.79. The van der Waals surface area contributed by atoms with Gasteiger partial charge in [-0.2, -0.15) is 0 Å². The summed E-state index contributed by atoms with van der Waals surface area (Å²) >= 11 is 0. The number of morpholine rings is 1. The van der Waals surface area contributed by atoms with Gasteiger partial charge in [-0.05, 0) is 38.2 Å². The van der Waals surface area contributed by atoms with Gasteiger partial charge in [0, 0.05) is 73.9 Å². The van der Waals surface area contributed by atoms with Gasteiger partial charge in [0.2, 0.25) is 5.95 Å². The van der Waals surface area contributed by atoms with Crippen molar-refractivity contribution in [3.05, 3.63) is 42.5 Å².